The number of rotatable bonds is 3. The zero-order valence-corrected chi connectivity index (χ0v) is 10.4. The van der Waals surface area contributed by atoms with E-state index >= 15 is 0 Å². The Morgan fingerprint density at radius 1 is 1.43 bits per heavy atom. The molecule has 0 bridgehead atoms. The smallest absolute Gasteiger partial charge is 0.133 e. The standard InChI is InChI=1S/C12H15BrO/c1-9(2)6-7-14-12-5-4-10(3)8-11(12)13/h4-6,8H,7H2,1-3H3. The molecule has 0 spiro atoms. The van der Waals surface area contributed by atoms with E-state index in [4.69, 9.17) is 4.74 Å². The van der Waals surface area contributed by atoms with Crippen molar-refractivity contribution in [2.24, 2.45) is 0 Å². The molecule has 2 heteroatoms. The summed E-state index contributed by atoms with van der Waals surface area (Å²) in [5.41, 5.74) is 2.50. The molecule has 1 nitrogen and oxygen atoms in total. The van der Waals surface area contributed by atoms with Crippen LogP contribution in [0.1, 0.15) is 19.4 Å². The summed E-state index contributed by atoms with van der Waals surface area (Å²) in [4.78, 5) is 0. The molecule has 0 amide bonds. The molecule has 0 atom stereocenters. The lowest BCUT2D eigenvalue weighted by atomic mass is 10.2. The van der Waals surface area contributed by atoms with Gasteiger partial charge < -0.3 is 4.74 Å². The van der Waals surface area contributed by atoms with E-state index in [1.807, 2.05) is 12.1 Å². The van der Waals surface area contributed by atoms with Gasteiger partial charge in [0, 0.05) is 0 Å². The summed E-state index contributed by atoms with van der Waals surface area (Å²) >= 11 is 3.47. The number of ether oxygens (including phenoxy) is 1. The molecule has 0 saturated carbocycles. The molecular weight excluding hydrogens is 240 g/mol. The first-order valence-electron chi connectivity index (χ1n) is 4.62. The second kappa shape index (κ2) is 5.20. The van der Waals surface area contributed by atoms with Crippen molar-refractivity contribution >= 4 is 15.9 Å². The van der Waals surface area contributed by atoms with Crippen molar-refractivity contribution < 1.29 is 4.74 Å². The minimum Gasteiger partial charge on any atom is -0.488 e. The molecule has 0 unspecified atom stereocenters. The highest BCUT2D eigenvalue weighted by atomic mass is 79.9. The molecule has 0 fully saturated rings. The number of hydrogen-bond acceptors (Lipinski definition) is 1. The van der Waals surface area contributed by atoms with Crippen LogP contribution in [-0.2, 0) is 0 Å². The fourth-order valence-corrected chi connectivity index (χ4v) is 1.63. The summed E-state index contributed by atoms with van der Waals surface area (Å²) in [5.74, 6) is 0.896. The van der Waals surface area contributed by atoms with E-state index in [2.05, 4.69) is 48.8 Å². The molecule has 0 heterocycles. The molecule has 1 aromatic rings. The van der Waals surface area contributed by atoms with Crippen LogP contribution < -0.4 is 4.74 Å². The minimum atomic E-state index is 0.629. The quantitative estimate of drug-likeness (QED) is 0.739. The van der Waals surface area contributed by atoms with Crippen LogP contribution >= 0.6 is 15.9 Å². The van der Waals surface area contributed by atoms with E-state index in [9.17, 15) is 0 Å². The highest BCUT2D eigenvalue weighted by Gasteiger charge is 1.99. The first kappa shape index (κ1) is 11.3. The van der Waals surface area contributed by atoms with Gasteiger partial charge in [-0.05, 0) is 60.5 Å². The lowest BCUT2D eigenvalue weighted by Gasteiger charge is -2.06. The zero-order chi connectivity index (χ0) is 10.6. The minimum absolute atomic E-state index is 0.629. The van der Waals surface area contributed by atoms with Crippen LogP contribution in [0.2, 0.25) is 0 Å². The van der Waals surface area contributed by atoms with Crippen LogP contribution in [-0.4, -0.2) is 6.61 Å². The molecule has 1 rings (SSSR count). The van der Waals surface area contributed by atoms with Gasteiger partial charge in [-0.3, -0.25) is 0 Å². The van der Waals surface area contributed by atoms with Crippen molar-refractivity contribution in [2.75, 3.05) is 6.61 Å². The Morgan fingerprint density at radius 2 is 2.14 bits per heavy atom. The van der Waals surface area contributed by atoms with Gasteiger partial charge in [0.05, 0.1) is 4.47 Å². The molecule has 0 radical (unpaired) electrons. The molecule has 0 aliphatic rings. The van der Waals surface area contributed by atoms with E-state index in [0.29, 0.717) is 6.61 Å². The first-order valence-corrected chi connectivity index (χ1v) is 5.41. The zero-order valence-electron chi connectivity index (χ0n) is 8.80. The lowest BCUT2D eigenvalue weighted by Crippen LogP contribution is -1.94. The molecule has 0 N–H and O–H groups in total. The summed E-state index contributed by atoms with van der Waals surface area (Å²) in [6.45, 7) is 6.82. The SMILES string of the molecule is CC(C)=CCOc1ccc(C)cc1Br. The Labute approximate surface area is 93.9 Å². The van der Waals surface area contributed by atoms with Crippen molar-refractivity contribution in [1.82, 2.24) is 0 Å². The lowest BCUT2D eigenvalue weighted by molar-refractivity contribution is 0.359. The van der Waals surface area contributed by atoms with Gasteiger partial charge in [0.25, 0.3) is 0 Å². The Balaban J connectivity index is 2.64. The molecule has 14 heavy (non-hydrogen) atoms. The van der Waals surface area contributed by atoms with Crippen LogP contribution in [0.4, 0.5) is 0 Å². The average Bonchev–Trinajstić information content (AvgIpc) is 2.08. The highest BCUT2D eigenvalue weighted by Crippen LogP contribution is 2.25. The van der Waals surface area contributed by atoms with E-state index in [1.54, 1.807) is 0 Å². The summed E-state index contributed by atoms with van der Waals surface area (Å²) < 4.78 is 6.59. The van der Waals surface area contributed by atoms with Gasteiger partial charge in [-0.25, -0.2) is 0 Å². The molecule has 0 aromatic heterocycles. The van der Waals surface area contributed by atoms with Crippen molar-refractivity contribution in [3.8, 4) is 5.75 Å². The van der Waals surface area contributed by atoms with E-state index in [0.717, 1.165) is 10.2 Å². The first-order chi connectivity index (χ1) is 6.59. The summed E-state index contributed by atoms with van der Waals surface area (Å²) in [6, 6.07) is 6.08. The largest absolute Gasteiger partial charge is 0.488 e. The van der Waals surface area contributed by atoms with Crippen LogP contribution in [0.5, 0.6) is 5.75 Å². The monoisotopic (exact) mass is 254 g/mol. The highest BCUT2D eigenvalue weighted by molar-refractivity contribution is 9.10. The van der Waals surface area contributed by atoms with E-state index in [-0.39, 0.29) is 0 Å². The topological polar surface area (TPSA) is 9.23 Å². The second-order valence-corrected chi connectivity index (χ2v) is 4.38. The fraction of sp³-hybridized carbons (Fsp3) is 0.333. The third-order valence-electron chi connectivity index (χ3n) is 1.82. The Hall–Kier alpha value is -0.760. The number of hydrogen-bond donors (Lipinski definition) is 0. The molecule has 0 aliphatic heterocycles. The molecule has 0 saturated heterocycles. The normalized spacial score (nSPS) is 9.71. The molecule has 76 valence electrons. The third-order valence-corrected chi connectivity index (χ3v) is 2.44. The van der Waals surface area contributed by atoms with Gasteiger partial charge in [0.1, 0.15) is 12.4 Å². The van der Waals surface area contributed by atoms with Gasteiger partial charge >= 0.3 is 0 Å². The third kappa shape index (κ3) is 3.54. The van der Waals surface area contributed by atoms with Crippen LogP contribution in [0.25, 0.3) is 0 Å². The van der Waals surface area contributed by atoms with Crippen molar-refractivity contribution in [3.63, 3.8) is 0 Å². The van der Waals surface area contributed by atoms with Crippen LogP contribution in [0.3, 0.4) is 0 Å². The maximum absolute atomic E-state index is 5.58. The Kier molecular flexibility index (Phi) is 4.21. The van der Waals surface area contributed by atoms with Gasteiger partial charge in [-0.2, -0.15) is 0 Å². The maximum atomic E-state index is 5.58. The van der Waals surface area contributed by atoms with Crippen molar-refractivity contribution in [2.45, 2.75) is 20.8 Å². The predicted octanol–water partition coefficient (Wildman–Crippen LogP) is 4.10. The van der Waals surface area contributed by atoms with Gasteiger partial charge in [-0.1, -0.05) is 11.6 Å². The maximum Gasteiger partial charge on any atom is 0.133 e. The number of allylic oxidation sites excluding steroid dienone is 1. The summed E-state index contributed by atoms with van der Waals surface area (Å²) in [6.07, 6.45) is 2.06. The van der Waals surface area contributed by atoms with E-state index < -0.39 is 0 Å². The predicted molar refractivity (Wildman–Crippen MR) is 63.8 cm³/mol. The molecule has 0 aliphatic carbocycles. The van der Waals surface area contributed by atoms with Crippen LogP contribution in [0.15, 0.2) is 34.3 Å². The van der Waals surface area contributed by atoms with Gasteiger partial charge in [0.2, 0.25) is 0 Å². The van der Waals surface area contributed by atoms with Crippen molar-refractivity contribution in [3.05, 3.63) is 39.9 Å². The van der Waals surface area contributed by atoms with Gasteiger partial charge in [-0.15, -0.1) is 0 Å². The Bertz CT molecular complexity index is 338. The number of halogens is 1. The summed E-state index contributed by atoms with van der Waals surface area (Å²) in [5, 5.41) is 0. The number of aryl methyl sites for hydroxylation is 1. The summed E-state index contributed by atoms with van der Waals surface area (Å²) in [7, 11) is 0. The molecular formula is C12H15BrO. The average molecular weight is 255 g/mol. The number of benzene rings is 1. The second-order valence-electron chi connectivity index (χ2n) is 3.53. The van der Waals surface area contributed by atoms with E-state index in [1.165, 1.54) is 11.1 Å². The van der Waals surface area contributed by atoms with Crippen molar-refractivity contribution in [1.29, 1.82) is 0 Å². The fourth-order valence-electron chi connectivity index (χ4n) is 1.02. The molecule has 1 aromatic carbocycles. The van der Waals surface area contributed by atoms with Gasteiger partial charge in [0.15, 0.2) is 0 Å². The Morgan fingerprint density at radius 3 is 2.71 bits per heavy atom. The van der Waals surface area contributed by atoms with Crippen LogP contribution in [0, 0.1) is 6.92 Å².